The molecule has 0 radical (unpaired) electrons. The minimum atomic E-state index is -0.451. The van der Waals surface area contributed by atoms with E-state index in [2.05, 4.69) is 10.3 Å². The quantitative estimate of drug-likeness (QED) is 0.723. The van der Waals surface area contributed by atoms with Crippen LogP contribution in [0.1, 0.15) is 30.7 Å². The molecule has 1 saturated carbocycles. The molecule has 0 aromatic carbocycles. The number of nitrogens with zero attached hydrogens (tertiary/aromatic N) is 1. The third kappa shape index (κ3) is 1.57. The minimum absolute atomic E-state index is 0.0888. The lowest BCUT2D eigenvalue weighted by atomic mass is 9.77. The molecule has 2 heterocycles. The number of aromatic nitrogens is 1. The molecule has 4 nitrogen and oxygen atoms in total. The van der Waals surface area contributed by atoms with Crippen LogP contribution in [-0.2, 0) is 4.79 Å². The van der Waals surface area contributed by atoms with Crippen LogP contribution >= 0.6 is 0 Å². The van der Waals surface area contributed by atoms with Crippen LogP contribution in [0.3, 0.4) is 0 Å². The van der Waals surface area contributed by atoms with Crippen molar-refractivity contribution in [3.05, 3.63) is 23.8 Å². The SMILES string of the molecule is NC(=O)C1CCC2c3ccnc(F)c3NC2C1. The summed E-state index contributed by atoms with van der Waals surface area (Å²) in [5, 5.41) is 3.14. The predicted octanol–water partition coefficient (Wildman–Crippen LogP) is 1.38. The molecule has 90 valence electrons. The molecule has 1 amide bonds. The van der Waals surface area contributed by atoms with Crippen molar-refractivity contribution in [2.45, 2.75) is 31.2 Å². The lowest BCUT2D eigenvalue weighted by Gasteiger charge is -2.30. The molecule has 1 fully saturated rings. The molecule has 0 spiro atoms. The smallest absolute Gasteiger partial charge is 0.236 e. The number of pyridine rings is 1. The lowest BCUT2D eigenvalue weighted by Crippen LogP contribution is -2.35. The molecule has 2 aliphatic rings. The molecule has 3 rings (SSSR count). The summed E-state index contributed by atoms with van der Waals surface area (Å²) >= 11 is 0. The predicted molar refractivity (Wildman–Crippen MR) is 60.9 cm³/mol. The summed E-state index contributed by atoms with van der Waals surface area (Å²) in [6, 6.07) is 1.98. The molecular weight excluding hydrogens is 221 g/mol. The average Bonchev–Trinajstić information content (AvgIpc) is 2.68. The van der Waals surface area contributed by atoms with Crippen LogP contribution < -0.4 is 11.1 Å². The normalized spacial score (nSPS) is 30.3. The zero-order chi connectivity index (χ0) is 12.0. The van der Waals surface area contributed by atoms with Crippen LogP contribution in [0.15, 0.2) is 12.3 Å². The molecule has 1 aliphatic carbocycles. The number of fused-ring (bicyclic) bond motifs is 3. The number of carbonyl (C=O) groups is 1. The van der Waals surface area contributed by atoms with E-state index in [1.165, 1.54) is 6.20 Å². The molecule has 1 aromatic heterocycles. The Morgan fingerprint density at radius 1 is 1.53 bits per heavy atom. The molecule has 3 unspecified atom stereocenters. The number of nitrogens with one attached hydrogen (secondary N) is 1. The summed E-state index contributed by atoms with van der Waals surface area (Å²) in [5.41, 5.74) is 6.83. The van der Waals surface area contributed by atoms with Gasteiger partial charge in [-0.1, -0.05) is 0 Å². The van der Waals surface area contributed by atoms with Crippen molar-refractivity contribution in [1.29, 1.82) is 0 Å². The van der Waals surface area contributed by atoms with E-state index in [4.69, 9.17) is 5.73 Å². The van der Waals surface area contributed by atoms with E-state index < -0.39 is 5.95 Å². The van der Waals surface area contributed by atoms with Gasteiger partial charge in [0.25, 0.3) is 0 Å². The van der Waals surface area contributed by atoms with Crippen LogP contribution in [0.2, 0.25) is 0 Å². The maximum atomic E-state index is 13.5. The van der Waals surface area contributed by atoms with E-state index in [0.29, 0.717) is 12.1 Å². The highest BCUT2D eigenvalue weighted by Gasteiger charge is 2.40. The van der Waals surface area contributed by atoms with Crippen molar-refractivity contribution in [2.75, 3.05) is 5.32 Å². The number of nitrogens with two attached hydrogens (primary N) is 1. The number of carbonyl (C=O) groups excluding carboxylic acids is 1. The van der Waals surface area contributed by atoms with Gasteiger partial charge < -0.3 is 11.1 Å². The molecule has 1 aliphatic heterocycles. The van der Waals surface area contributed by atoms with Crippen molar-refractivity contribution in [3.63, 3.8) is 0 Å². The van der Waals surface area contributed by atoms with Gasteiger partial charge in [0, 0.05) is 24.1 Å². The summed E-state index contributed by atoms with van der Waals surface area (Å²) in [6.45, 7) is 0. The Hall–Kier alpha value is -1.65. The van der Waals surface area contributed by atoms with E-state index in [-0.39, 0.29) is 23.8 Å². The van der Waals surface area contributed by atoms with Gasteiger partial charge in [-0.25, -0.2) is 4.98 Å². The molecule has 17 heavy (non-hydrogen) atoms. The van der Waals surface area contributed by atoms with Crippen LogP contribution in [0, 0.1) is 11.9 Å². The number of halogens is 1. The molecule has 0 saturated heterocycles. The average molecular weight is 235 g/mol. The number of amides is 1. The first-order chi connectivity index (χ1) is 8.16. The maximum absolute atomic E-state index is 13.5. The van der Waals surface area contributed by atoms with E-state index in [0.717, 1.165) is 18.4 Å². The van der Waals surface area contributed by atoms with Crippen molar-refractivity contribution in [1.82, 2.24) is 4.98 Å². The monoisotopic (exact) mass is 235 g/mol. The molecule has 0 bridgehead atoms. The second-order valence-corrected chi connectivity index (χ2v) is 4.84. The van der Waals surface area contributed by atoms with Gasteiger partial charge in [0.15, 0.2) is 0 Å². The highest BCUT2D eigenvalue weighted by Crippen LogP contribution is 2.45. The number of rotatable bonds is 1. The topological polar surface area (TPSA) is 68.0 Å². The second kappa shape index (κ2) is 3.68. The Balaban J connectivity index is 1.89. The second-order valence-electron chi connectivity index (χ2n) is 4.84. The molecule has 3 N–H and O–H groups in total. The third-order valence-corrected chi connectivity index (χ3v) is 3.92. The van der Waals surface area contributed by atoms with Gasteiger partial charge in [0.1, 0.15) is 0 Å². The fourth-order valence-corrected chi connectivity index (χ4v) is 3.05. The number of hydrogen-bond donors (Lipinski definition) is 2. The van der Waals surface area contributed by atoms with Gasteiger partial charge in [-0.05, 0) is 30.9 Å². The van der Waals surface area contributed by atoms with E-state index in [1.807, 2.05) is 6.07 Å². The van der Waals surface area contributed by atoms with E-state index in [1.54, 1.807) is 0 Å². The standard InChI is InChI=1S/C12H14FN3O/c13-11-10-8(3-4-15-11)7-2-1-6(12(14)17)5-9(7)16-10/h3-4,6-7,9,16H,1-2,5H2,(H2,14,17). The third-order valence-electron chi connectivity index (χ3n) is 3.92. The van der Waals surface area contributed by atoms with Gasteiger partial charge in [0.2, 0.25) is 11.9 Å². The Morgan fingerprint density at radius 2 is 2.35 bits per heavy atom. The van der Waals surface area contributed by atoms with Gasteiger partial charge in [-0.15, -0.1) is 0 Å². The summed E-state index contributed by atoms with van der Waals surface area (Å²) < 4.78 is 13.5. The van der Waals surface area contributed by atoms with Gasteiger partial charge in [0.05, 0.1) is 5.69 Å². The van der Waals surface area contributed by atoms with Crippen molar-refractivity contribution >= 4 is 11.6 Å². The van der Waals surface area contributed by atoms with Crippen LogP contribution in [0.25, 0.3) is 0 Å². The van der Waals surface area contributed by atoms with Crippen molar-refractivity contribution in [3.8, 4) is 0 Å². The molecule has 3 atom stereocenters. The zero-order valence-corrected chi connectivity index (χ0v) is 9.32. The molecule has 1 aromatic rings. The minimum Gasteiger partial charge on any atom is -0.378 e. The fraction of sp³-hybridized carbons (Fsp3) is 0.500. The Bertz CT molecular complexity index is 477. The van der Waals surface area contributed by atoms with Crippen molar-refractivity contribution < 1.29 is 9.18 Å². The summed E-state index contributed by atoms with van der Waals surface area (Å²) in [6.07, 6.45) is 3.86. The van der Waals surface area contributed by atoms with Crippen molar-refractivity contribution in [2.24, 2.45) is 11.7 Å². The summed E-state index contributed by atoms with van der Waals surface area (Å²) in [4.78, 5) is 14.8. The number of primary amides is 1. The number of anilines is 1. The van der Waals surface area contributed by atoms with Crippen LogP contribution in [-0.4, -0.2) is 16.9 Å². The lowest BCUT2D eigenvalue weighted by molar-refractivity contribution is -0.122. The first-order valence-corrected chi connectivity index (χ1v) is 5.87. The first kappa shape index (κ1) is 10.5. The van der Waals surface area contributed by atoms with E-state index >= 15 is 0 Å². The van der Waals surface area contributed by atoms with E-state index in [9.17, 15) is 9.18 Å². The first-order valence-electron chi connectivity index (χ1n) is 5.87. The Labute approximate surface area is 98.4 Å². The highest BCUT2D eigenvalue weighted by atomic mass is 19.1. The largest absolute Gasteiger partial charge is 0.378 e. The zero-order valence-electron chi connectivity index (χ0n) is 9.32. The summed E-state index contributed by atoms with van der Waals surface area (Å²) in [7, 11) is 0. The Kier molecular flexibility index (Phi) is 2.28. The molecule has 5 heteroatoms. The summed E-state index contributed by atoms with van der Waals surface area (Å²) in [5.74, 6) is -0.500. The Morgan fingerprint density at radius 3 is 3.12 bits per heavy atom. The van der Waals surface area contributed by atoms with Gasteiger partial charge >= 0.3 is 0 Å². The van der Waals surface area contributed by atoms with Gasteiger partial charge in [-0.2, -0.15) is 4.39 Å². The van der Waals surface area contributed by atoms with Gasteiger partial charge in [-0.3, -0.25) is 4.79 Å². The molecular formula is C12H14FN3O. The fourth-order valence-electron chi connectivity index (χ4n) is 3.05. The maximum Gasteiger partial charge on any atom is 0.236 e. The number of hydrogen-bond acceptors (Lipinski definition) is 3. The highest BCUT2D eigenvalue weighted by molar-refractivity contribution is 5.77. The van der Waals surface area contributed by atoms with Crippen LogP contribution in [0.4, 0.5) is 10.1 Å². The van der Waals surface area contributed by atoms with Crippen LogP contribution in [0.5, 0.6) is 0 Å².